The predicted octanol–water partition coefficient (Wildman–Crippen LogP) is 2.78. The molecular formula is C17H20N2O3. The summed E-state index contributed by atoms with van der Waals surface area (Å²) in [6.45, 7) is 5.12. The van der Waals surface area contributed by atoms with Crippen molar-refractivity contribution in [2.45, 2.75) is 20.3 Å². The Labute approximate surface area is 130 Å². The molecule has 0 saturated carbocycles. The zero-order valence-electron chi connectivity index (χ0n) is 13.1. The van der Waals surface area contributed by atoms with Crippen LogP contribution in [-0.2, 0) is 0 Å². The molecule has 0 bridgehead atoms. The second kappa shape index (κ2) is 6.52. The van der Waals surface area contributed by atoms with Crippen molar-refractivity contribution >= 4 is 6.09 Å². The summed E-state index contributed by atoms with van der Waals surface area (Å²) in [5.41, 5.74) is 1.81. The first-order chi connectivity index (χ1) is 10.4. The molecule has 1 aromatic heterocycles. The minimum atomic E-state index is -0.859. The number of aromatic nitrogens is 1. The van der Waals surface area contributed by atoms with Crippen molar-refractivity contribution in [3.63, 3.8) is 0 Å². The number of rotatable bonds is 1. The summed E-state index contributed by atoms with van der Waals surface area (Å²) in [4.78, 5) is 16.6. The van der Waals surface area contributed by atoms with Crippen molar-refractivity contribution in [2.75, 3.05) is 20.2 Å². The summed E-state index contributed by atoms with van der Waals surface area (Å²) in [6.07, 6.45) is 3.43. The van der Waals surface area contributed by atoms with Gasteiger partial charge in [-0.25, -0.2) is 9.78 Å². The lowest BCUT2D eigenvalue weighted by Crippen LogP contribution is -2.44. The molecule has 116 valence electrons. The third kappa shape index (κ3) is 3.79. The molecular weight excluding hydrogens is 280 g/mol. The van der Waals surface area contributed by atoms with Crippen LogP contribution in [0.5, 0.6) is 5.88 Å². The molecule has 1 saturated heterocycles. The Balaban J connectivity index is 2.10. The zero-order chi connectivity index (χ0) is 16.2. The molecule has 1 fully saturated rings. The van der Waals surface area contributed by atoms with Crippen molar-refractivity contribution in [1.29, 1.82) is 0 Å². The van der Waals surface area contributed by atoms with Crippen molar-refractivity contribution < 1.29 is 14.6 Å². The number of amides is 1. The van der Waals surface area contributed by atoms with E-state index < -0.39 is 6.09 Å². The molecule has 1 N–H and O–H groups in total. The molecule has 0 unspecified atom stereocenters. The number of nitrogens with zero attached hydrogens (tertiary/aromatic N) is 2. The number of likely N-dealkylation sites (tertiary alicyclic amines) is 1. The minimum absolute atomic E-state index is 0.191. The van der Waals surface area contributed by atoms with Gasteiger partial charge in [0.05, 0.1) is 7.11 Å². The standard InChI is InChI=1S/C17H20N2O3/c1-17(2)12-19(16(20)21)10-9-14(17)6-4-5-13-7-8-15(22-3)18-11-13/h6-8,11H,9-10,12H2,1-3H3,(H,20,21)/b14-6+. The average Bonchev–Trinajstić information content (AvgIpc) is 2.49. The maximum absolute atomic E-state index is 11.1. The zero-order valence-corrected chi connectivity index (χ0v) is 13.1. The molecule has 5 nitrogen and oxygen atoms in total. The van der Waals surface area contributed by atoms with Gasteiger partial charge in [-0.3, -0.25) is 0 Å². The number of pyridine rings is 1. The first-order valence-electron chi connectivity index (χ1n) is 7.11. The van der Waals surface area contributed by atoms with E-state index in [0.29, 0.717) is 19.0 Å². The van der Waals surface area contributed by atoms with Crippen LogP contribution in [0.2, 0.25) is 0 Å². The van der Waals surface area contributed by atoms with Gasteiger partial charge in [0.2, 0.25) is 5.88 Å². The maximum Gasteiger partial charge on any atom is 0.407 e. The quantitative estimate of drug-likeness (QED) is 0.810. The van der Waals surface area contributed by atoms with Gasteiger partial charge in [-0.15, -0.1) is 0 Å². The highest BCUT2D eigenvalue weighted by atomic mass is 16.5. The topological polar surface area (TPSA) is 62.7 Å². The highest BCUT2D eigenvalue weighted by molar-refractivity contribution is 5.65. The van der Waals surface area contributed by atoms with Gasteiger partial charge in [0.1, 0.15) is 0 Å². The van der Waals surface area contributed by atoms with Crippen molar-refractivity contribution in [3.8, 4) is 17.7 Å². The number of carbonyl (C=O) groups is 1. The summed E-state index contributed by atoms with van der Waals surface area (Å²) in [5.74, 6) is 6.65. The molecule has 1 aliphatic rings. The first-order valence-corrected chi connectivity index (χ1v) is 7.11. The van der Waals surface area contributed by atoms with Crippen LogP contribution in [0.4, 0.5) is 4.79 Å². The Kier molecular flexibility index (Phi) is 4.71. The van der Waals surface area contributed by atoms with Gasteiger partial charge in [-0.05, 0) is 18.6 Å². The van der Waals surface area contributed by atoms with Crippen LogP contribution in [-0.4, -0.2) is 41.3 Å². The monoisotopic (exact) mass is 300 g/mol. The normalized spacial score (nSPS) is 18.5. The Morgan fingerprint density at radius 2 is 2.27 bits per heavy atom. The maximum atomic E-state index is 11.1. The van der Waals surface area contributed by atoms with Crippen LogP contribution < -0.4 is 4.74 Å². The van der Waals surface area contributed by atoms with Crippen LogP contribution in [0.3, 0.4) is 0 Å². The number of hydrogen-bond donors (Lipinski definition) is 1. The van der Waals surface area contributed by atoms with Gasteiger partial charge in [0.15, 0.2) is 0 Å². The highest BCUT2D eigenvalue weighted by Gasteiger charge is 2.32. The molecule has 1 aliphatic heterocycles. The van der Waals surface area contributed by atoms with E-state index in [9.17, 15) is 4.79 Å². The van der Waals surface area contributed by atoms with E-state index in [-0.39, 0.29) is 5.41 Å². The smallest absolute Gasteiger partial charge is 0.407 e. The van der Waals surface area contributed by atoms with Crippen molar-refractivity contribution in [3.05, 3.63) is 35.5 Å². The number of methoxy groups -OCH3 is 1. The Hall–Kier alpha value is -2.48. The van der Waals surface area contributed by atoms with E-state index in [1.165, 1.54) is 10.5 Å². The molecule has 0 aliphatic carbocycles. The summed E-state index contributed by atoms with van der Waals surface area (Å²) in [7, 11) is 1.57. The van der Waals surface area contributed by atoms with E-state index in [1.54, 1.807) is 19.4 Å². The highest BCUT2D eigenvalue weighted by Crippen LogP contribution is 2.34. The second-order valence-corrected chi connectivity index (χ2v) is 5.87. The lowest BCUT2D eigenvalue weighted by atomic mass is 9.79. The molecule has 0 spiro atoms. The van der Waals surface area contributed by atoms with Gasteiger partial charge in [0, 0.05) is 36.3 Å². The third-order valence-corrected chi connectivity index (χ3v) is 3.79. The summed E-state index contributed by atoms with van der Waals surface area (Å²) >= 11 is 0. The van der Waals surface area contributed by atoms with E-state index in [4.69, 9.17) is 9.84 Å². The van der Waals surface area contributed by atoms with E-state index in [2.05, 4.69) is 16.8 Å². The van der Waals surface area contributed by atoms with Crippen molar-refractivity contribution in [1.82, 2.24) is 9.88 Å². The van der Waals surface area contributed by atoms with Crippen LogP contribution in [0, 0.1) is 17.3 Å². The van der Waals surface area contributed by atoms with Gasteiger partial charge in [-0.1, -0.05) is 31.3 Å². The predicted molar refractivity (Wildman–Crippen MR) is 83.7 cm³/mol. The Morgan fingerprint density at radius 1 is 1.50 bits per heavy atom. The minimum Gasteiger partial charge on any atom is -0.481 e. The lowest BCUT2D eigenvalue weighted by molar-refractivity contribution is 0.117. The molecule has 0 atom stereocenters. The number of ether oxygens (including phenoxy) is 1. The van der Waals surface area contributed by atoms with Crippen LogP contribution >= 0.6 is 0 Å². The summed E-state index contributed by atoms with van der Waals surface area (Å²) in [5, 5.41) is 9.09. The van der Waals surface area contributed by atoms with E-state index >= 15 is 0 Å². The number of hydrogen-bond acceptors (Lipinski definition) is 3. The third-order valence-electron chi connectivity index (χ3n) is 3.79. The van der Waals surface area contributed by atoms with E-state index in [0.717, 1.165) is 12.0 Å². The second-order valence-electron chi connectivity index (χ2n) is 5.87. The van der Waals surface area contributed by atoms with Gasteiger partial charge in [-0.2, -0.15) is 0 Å². The average molecular weight is 300 g/mol. The fraction of sp³-hybridized carbons (Fsp3) is 0.412. The number of carboxylic acid groups (broad SMARTS) is 1. The molecule has 2 heterocycles. The molecule has 1 amide bonds. The Morgan fingerprint density at radius 3 is 2.82 bits per heavy atom. The van der Waals surface area contributed by atoms with Gasteiger partial charge >= 0.3 is 6.09 Å². The molecule has 22 heavy (non-hydrogen) atoms. The fourth-order valence-electron chi connectivity index (χ4n) is 2.46. The van der Waals surface area contributed by atoms with Crippen LogP contribution in [0.15, 0.2) is 30.0 Å². The molecule has 1 aromatic rings. The van der Waals surface area contributed by atoms with Crippen molar-refractivity contribution in [2.24, 2.45) is 5.41 Å². The molecule has 5 heteroatoms. The summed E-state index contributed by atoms with van der Waals surface area (Å²) in [6, 6.07) is 3.63. The molecule has 0 radical (unpaired) electrons. The van der Waals surface area contributed by atoms with Crippen LogP contribution in [0.25, 0.3) is 0 Å². The Bertz CT molecular complexity index is 636. The number of allylic oxidation sites excluding steroid dienone is 1. The van der Waals surface area contributed by atoms with Gasteiger partial charge < -0.3 is 14.7 Å². The first kappa shape index (κ1) is 15.9. The summed E-state index contributed by atoms with van der Waals surface area (Å²) < 4.78 is 5.00. The largest absolute Gasteiger partial charge is 0.481 e. The fourth-order valence-corrected chi connectivity index (χ4v) is 2.46. The molecule has 2 rings (SSSR count). The lowest BCUT2D eigenvalue weighted by Gasteiger charge is -2.38. The number of piperidine rings is 1. The SMILES string of the molecule is COc1ccc(C#C/C=C2\CCN(C(=O)O)CC2(C)C)cn1. The van der Waals surface area contributed by atoms with E-state index in [1.807, 2.05) is 26.0 Å². The van der Waals surface area contributed by atoms with Crippen LogP contribution in [0.1, 0.15) is 25.8 Å². The molecule has 0 aromatic carbocycles. The van der Waals surface area contributed by atoms with Gasteiger partial charge in [0.25, 0.3) is 0 Å².